The lowest BCUT2D eigenvalue weighted by atomic mass is 10.2. The number of hydrogen-bond donors (Lipinski definition) is 2. The van der Waals surface area contributed by atoms with Crippen LogP contribution < -0.4 is 14.8 Å². The maximum absolute atomic E-state index is 12.2. The van der Waals surface area contributed by atoms with Gasteiger partial charge in [0.25, 0.3) is 5.91 Å². The first-order valence-corrected chi connectivity index (χ1v) is 7.07. The molecule has 0 fully saturated rings. The van der Waals surface area contributed by atoms with E-state index in [4.69, 9.17) is 9.47 Å². The van der Waals surface area contributed by atoms with Crippen molar-refractivity contribution in [3.63, 3.8) is 0 Å². The Kier molecular flexibility index (Phi) is 3.58. The lowest BCUT2D eigenvalue weighted by molar-refractivity contribution is 0.102. The van der Waals surface area contributed by atoms with Gasteiger partial charge >= 0.3 is 0 Å². The van der Waals surface area contributed by atoms with Gasteiger partial charge in [0.15, 0.2) is 11.5 Å². The summed E-state index contributed by atoms with van der Waals surface area (Å²) in [5.74, 6) is 1.10. The maximum atomic E-state index is 12.2. The molecule has 0 aliphatic carbocycles. The van der Waals surface area contributed by atoms with Crippen LogP contribution in [0.15, 0.2) is 45.8 Å². The average Bonchev–Trinajstić information content (AvgIpc) is 2.89. The van der Waals surface area contributed by atoms with E-state index in [1.165, 1.54) is 0 Å². The highest BCUT2D eigenvalue weighted by molar-refractivity contribution is 9.10. The molecule has 0 aromatic heterocycles. The molecule has 3 rings (SSSR count). The van der Waals surface area contributed by atoms with E-state index in [0.29, 0.717) is 27.2 Å². The van der Waals surface area contributed by atoms with Crippen molar-refractivity contribution in [2.24, 2.45) is 0 Å². The number of rotatable bonds is 2. The van der Waals surface area contributed by atoms with E-state index in [9.17, 15) is 4.79 Å². The number of carbonyl (C=O) groups excluding carboxylic acids is 1. The Morgan fingerprint density at radius 3 is 2.80 bits per heavy atom. The van der Waals surface area contributed by atoms with Gasteiger partial charge in [-0.15, -0.1) is 12.6 Å². The molecule has 4 nitrogen and oxygen atoms in total. The molecular weight excluding hydrogens is 342 g/mol. The highest BCUT2D eigenvalue weighted by atomic mass is 79.9. The molecule has 1 aliphatic heterocycles. The van der Waals surface area contributed by atoms with E-state index in [-0.39, 0.29) is 12.7 Å². The Morgan fingerprint density at radius 2 is 1.95 bits per heavy atom. The lowest BCUT2D eigenvalue weighted by Crippen LogP contribution is -2.12. The highest BCUT2D eigenvalue weighted by Gasteiger charge is 2.15. The fourth-order valence-corrected chi connectivity index (χ4v) is 2.49. The van der Waals surface area contributed by atoms with Gasteiger partial charge in [0.05, 0.1) is 5.56 Å². The van der Waals surface area contributed by atoms with Gasteiger partial charge in [-0.05, 0) is 46.3 Å². The molecule has 6 heteroatoms. The Morgan fingerprint density at radius 1 is 1.15 bits per heavy atom. The first kappa shape index (κ1) is 13.3. The normalized spacial score (nSPS) is 12.3. The van der Waals surface area contributed by atoms with Crippen molar-refractivity contribution in [1.29, 1.82) is 0 Å². The van der Waals surface area contributed by atoms with E-state index in [1.807, 2.05) is 6.07 Å². The van der Waals surface area contributed by atoms with Crippen LogP contribution in [0.1, 0.15) is 10.4 Å². The number of carbonyl (C=O) groups is 1. The molecule has 20 heavy (non-hydrogen) atoms. The lowest BCUT2D eigenvalue weighted by Gasteiger charge is -2.08. The zero-order valence-corrected chi connectivity index (χ0v) is 12.7. The number of nitrogens with one attached hydrogen (secondary N) is 1. The SMILES string of the molecule is O=C(Nc1ccc2c(c1)OCO2)c1cc(S)ccc1Br. The monoisotopic (exact) mass is 351 g/mol. The Bertz CT molecular complexity index is 690. The fourth-order valence-electron chi connectivity index (χ4n) is 1.86. The third-order valence-electron chi connectivity index (χ3n) is 2.83. The zero-order chi connectivity index (χ0) is 14.1. The van der Waals surface area contributed by atoms with Crippen molar-refractivity contribution in [3.05, 3.63) is 46.4 Å². The summed E-state index contributed by atoms with van der Waals surface area (Å²) in [6.45, 7) is 0.208. The second-order valence-corrected chi connectivity index (χ2v) is 5.56. The number of benzene rings is 2. The number of thiol groups is 1. The molecule has 2 aromatic carbocycles. The van der Waals surface area contributed by atoms with Gasteiger partial charge in [-0.3, -0.25) is 4.79 Å². The minimum Gasteiger partial charge on any atom is -0.454 e. The standard InChI is InChI=1S/C14H10BrNO3S/c15-11-3-2-9(20)6-10(11)14(17)16-8-1-4-12-13(5-8)19-7-18-12/h1-6,20H,7H2,(H,16,17). The van der Waals surface area contributed by atoms with Crippen LogP contribution in [-0.2, 0) is 0 Å². The van der Waals surface area contributed by atoms with Crippen LogP contribution in [0.4, 0.5) is 5.69 Å². The molecule has 0 saturated heterocycles. The molecule has 0 radical (unpaired) electrons. The van der Waals surface area contributed by atoms with Gasteiger partial charge in [-0.25, -0.2) is 0 Å². The largest absolute Gasteiger partial charge is 0.454 e. The number of halogens is 1. The predicted molar refractivity (Wildman–Crippen MR) is 81.9 cm³/mol. The first-order valence-electron chi connectivity index (χ1n) is 5.83. The highest BCUT2D eigenvalue weighted by Crippen LogP contribution is 2.34. The molecule has 1 heterocycles. The zero-order valence-electron chi connectivity index (χ0n) is 10.2. The minimum absolute atomic E-state index is 0.208. The van der Waals surface area contributed by atoms with E-state index in [1.54, 1.807) is 30.3 Å². The van der Waals surface area contributed by atoms with E-state index in [2.05, 4.69) is 33.9 Å². The van der Waals surface area contributed by atoms with Gasteiger partial charge in [-0.1, -0.05) is 0 Å². The van der Waals surface area contributed by atoms with Gasteiger partial charge in [0, 0.05) is 21.1 Å². The molecule has 0 unspecified atom stereocenters. The van der Waals surface area contributed by atoms with Crippen LogP contribution in [-0.4, -0.2) is 12.7 Å². The summed E-state index contributed by atoms with van der Waals surface area (Å²) in [7, 11) is 0. The third kappa shape index (κ3) is 2.62. The first-order chi connectivity index (χ1) is 9.63. The molecule has 0 spiro atoms. The summed E-state index contributed by atoms with van der Waals surface area (Å²) in [6, 6.07) is 10.6. The van der Waals surface area contributed by atoms with E-state index in [0.717, 1.165) is 4.90 Å². The van der Waals surface area contributed by atoms with Crippen LogP contribution in [0, 0.1) is 0 Å². The van der Waals surface area contributed by atoms with Crippen LogP contribution >= 0.6 is 28.6 Å². The summed E-state index contributed by atoms with van der Waals surface area (Å²) in [4.78, 5) is 13.0. The fraction of sp³-hybridized carbons (Fsp3) is 0.0714. The third-order valence-corrected chi connectivity index (χ3v) is 3.79. The second-order valence-electron chi connectivity index (χ2n) is 4.19. The van der Waals surface area contributed by atoms with Crippen LogP contribution in [0.5, 0.6) is 11.5 Å². The second kappa shape index (κ2) is 5.38. The molecule has 0 saturated carbocycles. The quantitative estimate of drug-likeness (QED) is 0.810. The molecule has 1 amide bonds. The van der Waals surface area contributed by atoms with E-state index < -0.39 is 0 Å². The summed E-state index contributed by atoms with van der Waals surface area (Å²) in [5.41, 5.74) is 1.17. The van der Waals surface area contributed by atoms with Crippen molar-refractivity contribution in [1.82, 2.24) is 0 Å². The Labute approximate surface area is 129 Å². The van der Waals surface area contributed by atoms with Gasteiger partial charge in [0.2, 0.25) is 6.79 Å². The summed E-state index contributed by atoms with van der Waals surface area (Å²) < 4.78 is 11.2. The molecule has 0 atom stereocenters. The van der Waals surface area contributed by atoms with Crippen molar-refractivity contribution in [3.8, 4) is 11.5 Å². The number of hydrogen-bond acceptors (Lipinski definition) is 4. The topological polar surface area (TPSA) is 47.6 Å². The van der Waals surface area contributed by atoms with Crippen molar-refractivity contribution in [2.75, 3.05) is 12.1 Å². The van der Waals surface area contributed by atoms with Gasteiger partial charge in [-0.2, -0.15) is 0 Å². The van der Waals surface area contributed by atoms with Crippen LogP contribution in [0.25, 0.3) is 0 Å². The van der Waals surface area contributed by atoms with Gasteiger partial charge < -0.3 is 14.8 Å². The number of amides is 1. The predicted octanol–water partition coefficient (Wildman–Crippen LogP) is 3.72. The molecule has 102 valence electrons. The smallest absolute Gasteiger partial charge is 0.256 e. The maximum Gasteiger partial charge on any atom is 0.256 e. The Balaban J connectivity index is 1.84. The number of ether oxygens (including phenoxy) is 2. The molecule has 2 aromatic rings. The summed E-state index contributed by atoms with van der Waals surface area (Å²) >= 11 is 7.59. The van der Waals surface area contributed by atoms with Crippen molar-refractivity contribution >= 4 is 40.2 Å². The van der Waals surface area contributed by atoms with Crippen LogP contribution in [0.2, 0.25) is 0 Å². The minimum atomic E-state index is -0.216. The average molecular weight is 352 g/mol. The molecule has 1 aliphatic rings. The number of fused-ring (bicyclic) bond motifs is 1. The molecule has 0 bridgehead atoms. The Hall–Kier alpha value is -1.66. The van der Waals surface area contributed by atoms with E-state index >= 15 is 0 Å². The summed E-state index contributed by atoms with van der Waals surface area (Å²) in [6.07, 6.45) is 0. The van der Waals surface area contributed by atoms with Crippen LogP contribution in [0.3, 0.4) is 0 Å². The number of anilines is 1. The van der Waals surface area contributed by atoms with Gasteiger partial charge in [0.1, 0.15) is 0 Å². The van der Waals surface area contributed by atoms with Crippen molar-refractivity contribution < 1.29 is 14.3 Å². The van der Waals surface area contributed by atoms with Crippen molar-refractivity contribution in [2.45, 2.75) is 4.90 Å². The molecule has 1 N–H and O–H groups in total. The molecular formula is C14H10BrNO3S. The summed E-state index contributed by atoms with van der Waals surface area (Å²) in [5, 5.41) is 2.82.